The lowest BCUT2D eigenvalue weighted by Gasteiger charge is -2.21. The van der Waals surface area contributed by atoms with E-state index in [0.29, 0.717) is 18.5 Å². The Hall–Kier alpha value is -1.07. The summed E-state index contributed by atoms with van der Waals surface area (Å²) in [4.78, 5) is 11.8. The third kappa shape index (κ3) is 2.56. The highest BCUT2D eigenvalue weighted by Gasteiger charge is 2.34. The number of amides is 1. The van der Waals surface area contributed by atoms with E-state index in [1.165, 1.54) is 0 Å². The predicted molar refractivity (Wildman–Crippen MR) is 77.8 cm³/mol. The van der Waals surface area contributed by atoms with E-state index < -0.39 is 9.84 Å². The van der Waals surface area contributed by atoms with Gasteiger partial charge >= 0.3 is 0 Å². The number of hydrogen-bond donors (Lipinski definition) is 1. The highest BCUT2D eigenvalue weighted by Crippen LogP contribution is 2.37. The van der Waals surface area contributed by atoms with Gasteiger partial charge in [0.25, 0.3) is 5.91 Å². The lowest BCUT2D eigenvalue weighted by Crippen LogP contribution is -2.32. The summed E-state index contributed by atoms with van der Waals surface area (Å²) in [6.45, 7) is 0.663. The van der Waals surface area contributed by atoms with Crippen LogP contribution in [0.4, 0.5) is 0 Å². The molecule has 1 fully saturated rings. The van der Waals surface area contributed by atoms with Gasteiger partial charge in [0.1, 0.15) is 0 Å². The molecule has 2 heterocycles. The predicted octanol–water partition coefficient (Wildman–Crippen LogP) is 1.69. The third-order valence-electron chi connectivity index (χ3n) is 4.06. The van der Waals surface area contributed by atoms with Crippen molar-refractivity contribution in [2.75, 3.05) is 18.1 Å². The van der Waals surface area contributed by atoms with Gasteiger partial charge in [-0.25, -0.2) is 8.42 Å². The fourth-order valence-corrected chi connectivity index (χ4v) is 5.22. The van der Waals surface area contributed by atoms with Crippen LogP contribution in [0.3, 0.4) is 0 Å². The van der Waals surface area contributed by atoms with Crippen molar-refractivity contribution in [3.8, 4) is 0 Å². The number of sulfone groups is 1. The molecule has 2 unspecified atom stereocenters. The summed E-state index contributed by atoms with van der Waals surface area (Å²) in [6, 6.07) is 5.66. The van der Waals surface area contributed by atoms with Gasteiger partial charge in [-0.1, -0.05) is 12.1 Å². The average Bonchev–Trinajstić information content (AvgIpc) is 2.78. The maximum atomic E-state index is 11.8. The van der Waals surface area contributed by atoms with E-state index in [2.05, 4.69) is 5.32 Å². The minimum absolute atomic E-state index is 0.0635. The summed E-state index contributed by atoms with van der Waals surface area (Å²) in [7, 11) is -2.94. The number of carbonyl (C=O) groups is 1. The molecule has 0 saturated carbocycles. The first-order valence-corrected chi connectivity index (χ1v) is 8.97. The monoisotopic (exact) mass is 313 g/mol. The normalized spacial score (nSPS) is 25.9. The summed E-state index contributed by atoms with van der Waals surface area (Å²) in [5, 5.41) is 2.45. The minimum Gasteiger partial charge on any atom is -0.352 e. The molecule has 1 saturated heterocycles. The SMILES string of the molecule is O=C1NCCc2ccc(C(Cl)C3CCS(=O)(=O)C3)cc21. The van der Waals surface area contributed by atoms with Gasteiger partial charge in [-0.2, -0.15) is 0 Å². The highest BCUT2D eigenvalue weighted by atomic mass is 35.5. The van der Waals surface area contributed by atoms with Crippen molar-refractivity contribution < 1.29 is 13.2 Å². The molecule has 2 aliphatic rings. The molecule has 1 N–H and O–H groups in total. The van der Waals surface area contributed by atoms with Crippen LogP contribution >= 0.6 is 11.6 Å². The summed E-state index contributed by atoms with van der Waals surface area (Å²) >= 11 is 6.43. The first-order valence-electron chi connectivity index (χ1n) is 6.72. The maximum absolute atomic E-state index is 11.8. The van der Waals surface area contributed by atoms with Crippen LogP contribution in [0, 0.1) is 5.92 Å². The van der Waals surface area contributed by atoms with E-state index in [0.717, 1.165) is 17.5 Å². The van der Waals surface area contributed by atoms with Crippen molar-refractivity contribution >= 4 is 27.3 Å². The van der Waals surface area contributed by atoms with Gasteiger partial charge in [0.15, 0.2) is 9.84 Å². The van der Waals surface area contributed by atoms with E-state index in [9.17, 15) is 13.2 Å². The summed E-state index contributed by atoms with van der Waals surface area (Å²) < 4.78 is 23.1. The standard InChI is InChI=1S/C14H16ClNO3S/c15-13(11-4-6-20(18,19)8-11)10-2-1-9-3-5-16-14(17)12(9)7-10/h1-2,7,11,13H,3-6,8H2,(H,16,17). The summed E-state index contributed by atoms with van der Waals surface area (Å²) in [5.74, 6) is 0.221. The van der Waals surface area contributed by atoms with Crippen LogP contribution in [-0.2, 0) is 16.3 Å². The van der Waals surface area contributed by atoms with E-state index in [4.69, 9.17) is 11.6 Å². The van der Waals surface area contributed by atoms with Gasteiger partial charge in [0, 0.05) is 12.1 Å². The van der Waals surface area contributed by atoms with E-state index in [1.54, 1.807) is 0 Å². The van der Waals surface area contributed by atoms with Gasteiger partial charge in [0.05, 0.1) is 16.9 Å². The molecule has 0 spiro atoms. The third-order valence-corrected chi connectivity index (χ3v) is 6.46. The van der Waals surface area contributed by atoms with E-state index >= 15 is 0 Å². The van der Waals surface area contributed by atoms with Crippen molar-refractivity contribution in [1.82, 2.24) is 5.32 Å². The lowest BCUT2D eigenvalue weighted by atomic mass is 9.92. The smallest absolute Gasteiger partial charge is 0.251 e. The lowest BCUT2D eigenvalue weighted by molar-refractivity contribution is 0.0946. The molecule has 1 aromatic carbocycles. The van der Waals surface area contributed by atoms with Crippen LogP contribution in [-0.4, -0.2) is 32.4 Å². The molecule has 108 valence electrons. The molecule has 0 bridgehead atoms. The average molecular weight is 314 g/mol. The Morgan fingerprint density at radius 2 is 2.15 bits per heavy atom. The summed E-state index contributed by atoms with van der Waals surface area (Å²) in [5.41, 5.74) is 2.53. The zero-order valence-electron chi connectivity index (χ0n) is 10.9. The number of nitrogens with one attached hydrogen (secondary N) is 1. The second-order valence-electron chi connectivity index (χ2n) is 5.49. The Bertz CT molecular complexity index is 656. The van der Waals surface area contributed by atoms with Crippen LogP contribution in [0.2, 0.25) is 0 Å². The fraction of sp³-hybridized carbons (Fsp3) is 0.500. The Morgan fingerprint density at radius 1 is 1.35 bits per heavy atom. The maximum Gasteiger partial charge on any atom is 0.251 e. The zero-order valence-corrected chi connectivity index (χ0v) is 12.5. The second kappa shape index (κ2) is 5.04. The second-order valence-corrected chi connectivity index (χ2v) is 8.19. The van der Waals surface area contributed by atoms with Crippen molar-refractivity contribution in [1.29, 1.82) is 0 Å². The van der Waals surface area contributed by atoms with Crippen molar-refractivity contribution in [3.05, 3.63) is 34.9 Å². The van der Waals surface area contributed by atoms with Crippen LogP contribution in [0.15, 0.2) is 18.2 Å². The quantitative estimate of drug-likeness (QED) is 0.845. The van der Waals surface area contributed by atoms with Crippen LogP contribution < -0.4 is 5.32 Å². The molecule has 1 aromatic rings. The molecular formula is C14H16ClNO3S. The molecule has 0 aliphatic carbocycles. The Balaban J connectivity index is 1.87. The van der Waals surface area contributed by atoms with Crippen LogP contribution in [0.25, 0.3) is 0 Å². The molecule has 0 radical (unpaired) electrons. The van der Waals surface area contributed by atoms with Crippen LogP contribution in [0.5, 0.6) is 0 Å². The number of fused-ring (bicyclic) bond motifs is 1. The highest BCUT2D eigenvalue weighted by molar-refractivity contribution is 7.91. The largest absolute Gasteiger partial charge is 0.352 e. The number of carbonyl (C=O) groups excluding carboxylic acids is 1. The number of rotatable bonds is 2. The Labute approximate surface area is 123 Å². The van der Waals surface area contributed by atoms with Gasteiger partial charge in [-0.15, -0.1) is 11.6 Å². The summed E-state index contributed by atoms with van der Waals surface area (Å²) in [6.07, 6.45) is 1.42. The molecule has 2 atom stereocenters. The van der Waals surface area contributed by atoms with Crippen molar-refractivity contribution in [2.45, 2.75) is 18.2 Å². The zero-order chi connectivity index (χ0) is 14.3. The fourth-order valence-electron chi connectivity index (χ4n) is 2.93. The molecule has 0 aromatic heterocycles. The molecule has 3 rings (SSSR count). The van der Waals surface area contributed by atoms with Gasteiger partial charge in [-0.05, 0) is 36.0 Å². The topological polar surface area (TPSA) is 63.2 Å². The van der Waals surface area contributed by atoms with E-state index in [-0.39, 0.29) is 28.7 Å². The number of benzene rings is 1. The van der Waals surface area contributed by atoms with E-state index in [1.807, 2.05) is 18.2 Å². The van der Waals surface area contributed by atoms with Gasteiger partial charge in [-0.3, -0.25) is 4.79 Å². The minimum atomic E-state index is -2.94. The molecule has 4 nitrogen and oxygen atoms in total. The van der Waals surface area contributed by atoms with Gasteiger partial charge < -0.3 is 5.32 Å². The number of hydrogen-bond acceptors (Lipinski definition) is 3. The Morgan fingerprint density at radius 3 is 2.85 bits per heavy atom. The number of alkyl halides is 1. The Kier molecular flexibility index (Phi) is 3.50. The van der Waals surface area contributed by atoms with Crippen LogP contribution in [0.1, 0.15) is 33.3 Å². The molecule has 6 heteroatoms. The molecule has 1 amide bonds. The molecular weight excluding hydrogens is 298 g/mol. The first-order chi connectivity index (χ1) is 9.46. The molecule has 2 aliphatic heterocycles. The first kappa shape index (κ1) is 13.9. The van der Waals surface area contributed by atoms with Gasteiger partial charge in [0.2, 0.25) is 0 Å². The molecule has 20 heavy (non-hydrogen) atoms. The van der Waals surface area contributed by atoms with Crippen molar-refractivity contribution in [3.63, 3.8) is 0 Å². The van der Waals surface area contributed by atoms with Crippen molar-refractivity contribution in [2.24, 2.45) is 5.92 Å². The number of halogens is 1.